The Morgan fingerprint density at radius 2 is 2.10 bits per heavy atom. The van der Waals surface area contributed by atoms with Crippen LogP contribution in [0.1, 0.15) is 24.2 Å². The molecule has 5 heteroatoms. The van der Waals surface area contributed by atoms with E-state index in [2.05, 4.69) is 29.5 Å². The maximum absolute atomic E-state index is 5.43. The molecule has 1 atom stereocenters. The van der Waals surface area contributed by atoms with Crippen LogP contribution in [0.2, 0.25) is 0 Å². The highest BCUT2D eigenvalue weighted by molar-refractivity contribution is 5.33. The van der Waals surface area contributed by atoms with Gasteiger partial charge in [0, 0.05) is 7.05 Å². The SMILES string of the molecule is CCNC(Cc1cccc(OC)c1)c1c(OC)cnn1C. The first-order valence-electron chi connectivity index (χ1n) is 7.11. The predicted molar refractivity (Wildman–Crippen MR) is 82.9 cm³/mol. The molecule has 1 heterocycles. The number of benzene rings is 1. The standard InChI is InChI=1S/C16H23N3O2/c1-5-17-14(16-15(21-4)11-18-19(16)2)10-12-7-6-8-13(9-12)20-3/h6-9,11,14,17H,5,10H2,1-4H3. The summed E-state index contributed by atoms with van der Waals surface area (Å²) in [4.78, 5) is 0. The van der Waals surface area contributed by atoms with Gasteiger partial charge in [-0.15, -0.1) is 0 Å². The number of ether oxygens (including phenoxy) is 2. The fourth-order valence-electron chi connectivity index (χ4n) is 2.53. The largest absolute Gasteiger partial charge is 0.497 e. The average Bonchev–Trinajstić information content (AvgIpc) is 2.88. The molecule has 0 aliphatic carbocycles. The van der Waals surface area contributed by atoms with E-state index in [4.69, 9.17) is 9.47 Å². The summed E-state index contributed by atoms with van der Waals surface area (Å²) in [7, 11) is 5.30. The van der Waals surface area contributed by atoms with Gasteiger partial charge in [-0.25, -0.2) is 0 Å². The summed E-state index contributed by atoms with van der Waals surface area (Å²) >= 11 is 0. The molecule has 0 amide bonds. The Kier molecular flexibility index (Phi) is 5.22. The molecular formula is C16H23N3O2. The summed E-state index contributed by atoms with van der Waals surface area (Å²) in [6, 6.07) is 8.28. The van der Waals surface area contributed by atoms with E-state index in [1.54, 1.807) is 20.4 Å². The van der Waals surface area contributed by atoms with Crippen molar-refractivity contribution in [2.75, 3.05) is 20.8 Å². The zero-order valence-electron chi connectivity index (χ0n) is 13.1. The zero-order chi connectivity index (χ0) is 15.2. The van der Waals surface area contributed by atoms with Crippen LogP contribution in [0.5, 0.6) is 11.5 Å². The highest BCUT2D eigenvalue weighted by Gasteiger charge is 2.20. The van der Waals surface area contributed by atoms with Gasteiger partial charge in [-0.1, -0.05) is 19.1 Å². The topological polar surface area (TPSA) is 48.3 Å². The zero-order valence-corrected chi connectivity index (χ0v) is 13.1. The Morgan fingerprint density at radius 3 is 2.76 bits per heavy atom. The van der Waals surface area contributed by atoms with Gasteiger partial charge in [0.1, 0.15) is 5.75 Å². The van der Waals surface area contributed by atoms with Crippen LogP contribution < -0.4 is 14.8 Å². The molecule has 0 aliphatic rings. The van der Waals surface area contributed by atoms with Crippen LogP contribution in [0.3, 0.4) is 0 Å². The third-order valence-corrected chi connectivity index (χ3v) is 3.52. The van der Waals surface area contributed by atoms with Gasteiger partial charge in [0.05, 0.1) is 32.2 Å². The Balaban J connectivity index is 2.28. The molecule has 21 heavy (non-hydrogen) atoms. The van der Waals surface area contributed by atoms with Crippen molar-refractivity contribution in [1.29, 1.82) is 0 Å². The first kappa shape index (κ1) is 15.4. The third-order valence-electron chi connectivity index (χ3n) is 3.52. The van der Waals surface area contributed by atoms with Gasteiger partial charge < -0.3 is 14.8 Å². The second kappa shape index (κ2) is 7.13. The Morgan fingerprint density at radius 1 is 1.29 bits per heavy atom. The lowest BCUT2D eigenvalue weighted by molar-refractivity contribution is 0.393. The highest BCUT2D eigenvalue weighted by Crippen LogP contribution is 2.27. The first-order valence-corrected chi connectivity index (χ1v) is 7.11. The lowest BCUT2D eigenvalue weighted by Gasteiger charge is -2.20. The summed E-state index contributed by atoms with van der Waals surface area (Å²) in [6.45, 7) is 2.98. The molecular weight excluding hydrogens is 266 g/mol. The molecule has 0 saturated heterocycles. The van der Waals surface area contributed by atoms with Gasteiger partial charge in [0.2, 0.25) is 0 Å². The van der Waals surface area contributed by atoms with Crippen molar-refractivity contribution in [1.82, 2.24) is 15.1 Å². The quantitative estimate of drug-likeness (QED) is 0.850. The Hall–Kier alpha value is -2.01. The second-order valence-corrected chi connectivity index (χ2v) is 4.89. The molecule has 2 rings (SSSR count). The number of aryl methyl sites for hydroxylation is 1. The van der Waals surface area contributed by atoms with Crippen LogP contribution in [0, 0.1) is 0 Å². The van der Waals surface area contributed by atoms with Crippen LogP contribution >= 0.6 is 0 Å². The van der Waals surface area contributed by atoms with Crippen LogP contribution in [-0.4, -0.2) is 30.5 Å². The summed E-state index contributed by atoms with van der Waals surface area (Å²) in [5.74, 6) is 1.69. The van der Waals surface area contributed by atoms with E-state index in [1.807, 2.05) is 23.9 Å². The molecule has 0 fully saturated rings. The number of aromatic nitrogens is 2. The third kappa shape index (κ3) is 3.55. The van der Waals surface area contributed by atoms with Gasteiger partial charge in [0.25, 0.3) is 0 Å². The molecule has 2 aromatic rings. The highest BCUT2D eigenvalue weighted by atomic mass is 16.5. The molecule has 0 spiro atoms. The van der Waals surface area contributed by atoms with E-state index in [-0.39, 0.29) is 6.04 Å². The monoisotopic (exact) mass is 289 g/mol. The molecule has 114 valence electrons. The summed E-state index contributed by atoms with van der Waals surface area (Å²) < 4.78 is 12.6. The molecule has 1 N–H and O–H groups in total. The van der Waals surface area contributed by atoms with E-state index >= 15 is 0 Å². The molecule has 0 aliphatic heterocycles. The number of hydrogen-bond acceptors (Lipinski definition) is 4. The van der Waals surface area contributed by atoms with Crippen molar-refractivity contribution in [3.05, 3.63) is 41.7 Å². The molecule has 1 aromatic carbocycles. The number of nitrogens with zero attached hydrogens (tertiary/aromatic N) is 2. The maximum Gasteiger partial charge on any atom is 0.161 e. The molecule has 0 radical (unpaired) electrons. The summed E-state index contributed by atoms with van der Waals surface area (Å²) in [6.07, 6.45) is 2.60. The molecule has 5 nitrogen and oxygen atoms in total. The Bertz CT molecular complexity index is 581. The van der Waals surface area contributed by atoms with Crippen molar-refractivity contribution in [2.24, 2.45) is 7.05 Å². The predicted octanol–water partition coefficient (Wildman–Crippen LogP) is 2.33. The number of nitrogens with one attached hydrogen (secondary N) is 1. The second-order valence-electron chi connectivity index (χ2n) is 4.89. The first-order chi connectivity index (χ1) is 10.2. The summed E-state index contributed by atoms with van der Waals surface area (Å²) in [5, 5.41) is 7.80. The average molecular weight is 289 g/mol. The van der Waals surface area contributed by atoms with Crippen LogP contribution in [0.15, 0.2) is 30.5 Å². The van der Waals surface area contributed by atoms with Crippen molar-refractivity contribution in [3.8, 4) is 11.5 Å². The van der Waals surface area contributed by atoms with Crippen molar-refractivity contribution in [2.45, 2.75) is 19.4 Å². The van der Waals surface area contributed by atoms with Crippen molar-refractivity contribution >= 4 is 0 Å². The normalized spacial score (nSPS) is 12.2. The number of rotatable bonds is 7. The minimum Gasteiger partial charge on any atom is -0.497 e. The minimum atomic E-state index is 0.143. The van der Waals surface area contributed by atoms with Crippen molar-refractivity contribution < 1.29 is 9.47 Å². The van der Waals surface area contributed by atoms with E-state index in [1.165, 1.54) is 5.56 Å². The van der Waals surface area contributed by atoms with Gasteiger partial charge >= 0.3 is 0 Å². The van der Waals surface area contributed by atoms with Crippen LogP contribution in [0.4, 0.5) is 0 Å². The van der Waals surface area contributed by atoms with Gasteiger partial charge in [-0.3, -0.25) is 4.68 Å². The Labute approximate surface area is 125 Å². The van der Waals surface area contributed by atoms with Crippen LogP contribution in [0.25, 0.3) is 0 Å². The lowest BCUT2D eigenvalue weighted by Crippen LogP contribution is -2.25. The molecule has 1 unspecified atom stereocenters. The lowest BCUT2D eigenvalue weighted by atomic mass is 10.0. The number of likely N-dealkylation sites (N-methyl/N-ethyl adjacent to an activating group) is 1. The van der Waals surface area contributed by atoms with E-state index in [0.717, 1.165) is 30.2 Å². The maximum atomic E-state index is 5.43. The molecule has 0 saturated carbocycles. The number of methoxy groups -OCH3 is 2. The molecule has 0 bridgehead atoms. The minimum absolute atomic E-state index is 0.143. The molecule has 1 aromatic heterocycles. The fourth-order valence-corrected chi connectivity index (χ4v) is 2.53. The van der Waals surface area contributed by atoms with Crippen LogP contribution in [-0.2, 0) is 13.5 Å². The van der Waals surface area contributed by atoms with Gasteiger partial charge in [-0.05, 0) is 30.7 Å². The van der Waals surface area contributed by atoms with Gasteiger partial charge in [0.15, 0.2) is 5.75 Å². The number of hydrogen-bond donors (Lipinski definition) is 1. The van der Waals surface area contributed by atoms with Gasteiger partial charge in [-0.2, -0.15) is 5.10 Å². The van der Waals surface area contributed by atoms with E-state index in [0.29, 0.717) is 0 Å². The summed E-state index contributed by atoms with van der Waals surface area (Å²) in [5.41, 5.74) is 2.27. The van der Waals surface area contributed by atoms with E-state index in [9.17, 15) is 0 Å². The van der Waals surface area contributed by atoms with Crippen molar-refractivity contribution in [3.63, 3.8) is 0 Å². The smallest absolute Gasteiger partial charge is 0.161 e. The fraction of sp³-hybridized carbons (Fsp3) is 0.438. The van der Waals surface area contributed by atoms with E-state index < -0.39 is 0 Å².